The van der Waals surface area contributed by atoms with E-state index in [2.05, 4.69) is 20.7 Å². The number of thiocarbonyl (C=S) groups is 1. The third kappa shape index (κ3) is 3.73. The minimum absolute atomic E-state index is 0.252. The summed E-state index contributed by atoms with van der Waals surface area (Å²) in [4.78, 5) is 2.38. The Morgan fingerprint density at radius 2 is 2.04 bits per heavy atom. The molecule has 0 bridgehead atoms. The van der Waals surface area contributed by atoms with Gasteiger partial charge in [-0.1, -0.05) is 6.07 Å². The van der Waals surface area contributed by atoms with Crippen molar-refractivity contribution in [3.63, 3.8) is 0 Å². The second-order valence-corrected chi connectivity index (χ2v) is 7.24. The SMILES string of the molecule is Oc1c(C=NNC(=S)Nc2cccc(F)c2)cc2c3c1CCCN3CCC2. The maximum Gasteiger partial charge on any atom is 0.191 e. The third-order valence-electron chi connectivity index (χ3n) is 4.98. The largest absolute Gasteiger partial charge is 0.507 e. The van der Waals surface area contributed by atoms with Gasteiger partial charge in [-0.15, -0.1) is 0 Å². The fraction of sp³-hybridized carbons (Fsp3) is 0.300. The topological polar surface area (TPSA) is 59.9 Å². The number of hydrazone groups is 1. The van der Waals surface area contributed by atoms with Crippen LogP contribution in [0.2, 0.25) is 0 Å². The molecule has 2 aromatic carbocycles. The number of hydrogen-bond acceptors (Lipinski definition) is 4. The molecule has 3 N–H and O–H groups in total. The molecule has 140 valence electrons. The van der Waals surface area contributed by atoms with Gasteiger partial charge in [-0.05, 0) is 67.7 Å². The highest BCUT2D eigenvalue weighted by atomic mass is 32.1. The van der Waals surface area contributed by atoms with Crippen molar-refractivity contribution in [3.8, 4) is 5.75 Å². The number of hydrogen-bond donors (Lipinski definition) is 3. The van der Waals surface area contributed by atoms with E-state index in [4.69, 9.17) is 12.2 Å². The lowest BCUT2D eigenvalue weighted by Gasteiger charge is -2.37. The van der Waals surface area contributed by atoms with E-state index in [1.54, 1.807) is 18.3 Å². The monoisotopic (exact) mass is 384 g/mol. The van der Waals surface area contributed by atoms with Gasteiger partial charge in [-0.3, -0.25) is 5.43 Å². The van der Waals surface area contributed by atoms with Crippen molar-refractivity contribution < 1.29 is 9.50 Å². The average Bonchev–Trinajstić information content (AvgIpc) is 2.65. The Hall–Kier alpha value is -2.67. The van der Waals surface area contributed by atoms with E-state index in [0.717, 1.165) is 44.3 Å². The van der Waals surface area contributed by atoms with Crippen molar-refractivity contribution in [3.05, 3.63) is 52.8 Å². The number of nitrogens with one attached hydrogen (secondary N) is 2. The van der Waals surface area contributed by atoms with Crippen LogP contribution >= 0.6 is 12.2 Å². The summed E-state index contributed by atoms with van der Waals surface area (Å²) in [5.41, 5.74) is 7.47. The van der Waals surface area contributed by atoms with Crippen LogP contribution < -0.4 is 15.6 Å². The summed E-state index contributed by atoms with van der Waals surface area (Å²) in [7, 11) is 0. The summed E-state index contributed by atoms with van der Waals surface area (Å²) >= 11 is 5.17. The van der Waals surface area contributed by atoms with Crippen LogP contribution in [0.3, 0.4) is 0 Å². The molecule has 0 aromatic heterocycles. The van der Waals surface area contributed by atoms with E-state index in [1.807, 2.05) is 6.07 Å². The molecule has 5 nitrogen and oxygen atoms in total. The van der Waals surface area contributed by atoms with Crippen molar-refractivity contribution in [1.82, 2.24) is 5.43 Å². The molecule has 0 spiro atoms. The van der Waals surface area contributed by atoms with Crippen LogP contribution in [-0.4, -0.2) is 29.5 Å². The Morgan fingerprint density at radius 3 is 2.85 bits per heavy atom. The van der Waals surface area contributed by atoms with E-state index in [-0.39, 0.29) is 10.9 Å². The zero-order chi connectivity index (χ0) is 18.8. The van der Waals surface area contributed by atoms with Crippen molar-refractivity contribution in [2.45, 2.75) is 25.7 Å². The summed E-state index contributed by atoms with van der Waals surface area (Å²) in [6.45, 7) is 2.13. The molecule has 27 heavy (non-hydrogen) atoms. The number of rotatable bonds is 3. The van der Waals surface area contributed by atoms with Crippen LogP contribution in [0.1, 0.15) is 29.5 Å². The number of halogens is 1. The van der Waals surface area contributed by atoms with Gasteiger partial charge in [-0.2, -0.15) is 5.10 Å². The number of nitrogens with zero attached hydrogens (tertiary/aromatic N) is 2. The number of anilines is 2. The summed E-state index contributed by atoms with van der Waals surface area (Å²) in [5.74, 6) is -0.0387. The van der Waals surface area contributed by atoms with Gasteiger partial charge in [0.15, 0.2) is 5.11 Å². The first-order valence-electron chi connectivity index (χ1n) is 9.10. The molecule has 0 amide bonds. The summed E-state index contributed by atoms with van der Waals surface area (Å²) in [6, 6.07) is 8.05. The highest BCUT2D eigenvalue weighted by Gasteiger charge is 2.27. The van der Waals surface area contributed by atoms with Crippen molar-refractivity contribution in [1.29, 1.82) is 0 Å². The molecular weight excluding hydrogens is 363 g/mol. The quantitative estimate of drug-likeness (QED) is 0.429. The third-order valence-corrected chi connectivity index (χ3v) is 5.17. The fourth-order valence-electron chi connectivity index (χ4n) is 3.85. The molecule has 0 aliphatic carbocycles. The molecule has 0 saturated carbocycles. The van der Waals surface area contributed by atoms with E-state index in [0.29, 0.717) is 17.0 Å². The maximum atomic E-state index is 13.2. The van der Waals surface area contributed by atoms with Gasteiger partial charge >= 0.3 is 0 Å². The maximum absolute atomic E-state index is 13.2. The summed E-state index contributed by atoms with van der Waals surface area (Å²) in [6.07, 6.45) is 5.68. The number of aromatic hydroxyl groups is 1. The van der Waals surface area contributed by atoms with Gasteiger partial charge in [-0.25, -0.2) is 4.39 Å². The van der Waals surface area contributed by atoms with E-state index in [1.165, 1.54) is 23.4 Å². The first kappa shape index (κ1) is 17.7. The summed E-state index contributed by atoms with van der Waals surface area (Å²) < 4.78 is 13.2. The first-order chi connectivity index (χ1) is 13.1. The molecule has 2 aliphatic heterocycles. The Balaban J connectivity index is 1.49. The summed E-state index contributed by atoms with van der Waals surface area (Å²) in [5, 5.41) is 17.9. The molecule has 0 radical (unpaired) electrons. The van der Waals surface area contributed by atoms with Crippen molar-refractivity contribution in [2.75, 3.05) is 23.3 Å². The van der Waals surface area contributed by atoms with Gasteiger partial charge < -0.3 is 15.3 Å². The first-order valence-corrected chi connectivity index (χ1v) is 9.51. The molecule has 7 heteroatoms. The molecule has 4 rings (SSSR count). The Kier molecular flexibility index (Phi) is 4.94. The molecule has 0 atom stereocenters. The molecule has 0 saturated heterocycles. The number of aryl methyl sites for hydroxylation is 1. The predicted molar refractivity (Wildman–Crippen MR) is 110 cm³/mol. The Labute approximate surface area is 162 Å². The van der Waals surface area contributed by atoms with E-state index in [9.17, 15) is 9.50 Å². The van der Waals surface area contributed by atoms with Crippen LogP contribution in [0.15, 0.2) is 35.4 Å². The lowest BCUT2D eigenvalue weighted by molar-refractivity contribution is 0.461. The van der Waals surface area contributed by atoms with Crippen molar-refractivity contribution >= 4 is 34.9 Å². The van der Waals surface area contributed by atoms with Gasteiger partial charge in [0.1, 0.15) is 11.6 Å². The molecule has 2 heterocycles. The number of phenolic OH excluding ortho intramolecular Hbond substituents is 1. The van der Waals surface area contributed by atoms with Crippen LogP contribution in [0.5, 0.6) is 5.75 Å². The van der Waals surface area contributed by atoms with Gasteiger partial charge in [0.2, 0.25) is 0 Å². The smallest absolute Gasteiger partial charge is 0.191 e. The van der Waals surface area contributed by atoms with Crippen LogP contribution in [-0.2, 0) is 12.8 Å². The van der Waals surface area contributed by atoms with Crippen LogP contribution in [0, 0.1) is 5.82 Å². The zero-order valence-corrected chi connectivity index (χ0v) is 15.7. The molecular formula is C20H21FN4OS. The Bertz CT molecular complexity index is 913. The minimum atomic E-state index is -0.340. The van der Waals surface area contributed by atoms with Gasteiger partial charge in [0.25, 0.3) is 0 Å². The highest BCUT2D eigenvalue weighted by molar-refractivity contribution is 7.80. The molecule has 2 aromatic rings. The normalized spacial score (nSPS) is 15.5. The standard InChI is InChI=1S/C20H21FN4OS/c21-15-5-1-6-16(11-15)23-20(27)24-22-12-14-10-13-4-2-8-25-9-3-7-17(18(13)25)19(14)26/h1,5-6,10-12,26H,2-4,7-9H2,(H2,23,24,27). The van der Waals surface area contributed by atoms with E-state index < -0.39 is 0 Å². The zero-order valence-electron chi connectivity index (χ0n) is 14.8. The highest BCUT2D eigenvalue weighted by Crippen LogP contribution is 2.41. The number of phenols is 1. The minimum Gasteiger partial charge on any atom is -0.507 e. The molecule has 0 unspecified atom stereocenters. The fourth-order valence-corrected chi connectivity index (χ4v) is 4.02. The lowest BCUT2D eigenvalue weighted by atomic mass is 9.89. The second-order valence-electron chi connectivity index (χ2n) is 6.83. The Morgan fingerprint density at radius 1 is 1.22 bits per heavy atom. The predicted octanol–water partition coefficient (Wildman–Crippen LogP) is 3.55. The average molecular weight is 384 g/mol. The second kappa shape index (κ2) is 7.52. The molecule has 2 aliphatic rings. The molecule has 0 fully saturated rings. The van der Waals surface area contributed by atoms with Crippen LogP contribution in [0.25, 0.3) is 0 Å². The van der Waals surface area contributed by atoms with Crippen LogP contribution in [0.4, 0.5) is 15.8 Å². The number of benzene rings is 2. The van der Waals surface area contributed by atoms with E-state index >= 15 is 0 Å². The van der Waals surface area contributed by atoms with Crippen molar-refractivity contribution in [2.24, 2.45) is 5.10 Å². The van der Waals surface area contributed by atoms with Gasteiger partial charge in [0.05, 0.1) is 6.21 Å². The lowest BCUT2D eigenvalue weighted by Crippen LogP contribution is -2.34. The van der Waals surface area contributed by atoms with Gasteiger partial charge in [0, 0.05) is 35.6 Å².